The molecule has 1 aromatic heterocycles. The van der Waals surface area contributed by atoms with E-state index in [2.05, 4.69) is 60.4 Å². The zero-order valence-corrected chi connectivity index (χ0v) is 15.7. The number of hydrogen-bond acceptors (Lipinski definition) is 3. The van der Waals surface area contributed by atoms with Crippen LogP contribution in [-0.2, 0) is 7.05 Å². The number of carbonyl (C=O) groups excluding carboxylic acids is 1. The van der Waals surface area contributed by atoms with Crippen LogP contribution in [0.4, 0.5) is 0 Å². The number of likely N-dealkylation sites (tertiary alicyclic amines) is 1. The number of aryl methyl sites for hydroxylation is 2. The van der Waals surface area contributed by atoms with E-state index in [1.165, 1.54) is 18.4 Å². The fourth-order valence-electron chi connectivity index (χ4n) is 3.39. The van der Waals surface area contributed by atoms with Crippen LogP contribution in [0.25, 0.3) is 11.3 Å². The second-order valence-corrected chi connectivity index (χ2v) is 7.59. The van der Waals surface area contributed by atoms with Crippen LogP contribution in [0.15, 0.2) is 30.3 Å². The second kappa shape index (κ2) is 7.00. The van der Waals surface area contributed by atoms with Crippen LogP contribution < -0.4 is 5.32 Å². The van der Waals surface area contributed by atoms with E-state index >= 15 is 0 Å². The first kappa shape index (κ1) is 17.7. The average Bonchev–Trinajstić information content (AvgIpc) is 3.24. The van der Waals surface area contributed by atoms with Gasteiger partial charge in [-0.15, -0.1) is 0 Å². The molecular formula is C20H28N4O. The third-order valence-corrected chi connectivity index (χ3v) is 5.10. The molecule has 5 nitrogen and oxygen atoms in total. The van der Waals surface area contributed by atoms with Gasteiger partial charge in [0.2, 0.25) is 0 Å². The third kappa shape index (κ3) is 3.93. The fraction of sp³-hybridized carbons (Fsp3) is 0.500. The maximum atomic E-state index is 12.6. The molecule has 0 atom stereocenters. The number of nitrogens with one attached hydrogen (secondary N) is 1. The molecule has 0 radical (unpaired) electrons. The molecule has 1 aromatic carbocycles. The van der Waals surface area contributed by atoms with E-state index in [0.717, 1.165) is 24.3 Å². The highest BCUT2D eigenvalue weighted by molar-refractivity contribution is 5.93. The van der Waals surface area contributed by atoms with Gasteiger partial charge in [0, 0.05) is 19.1 Å². The zero-order valence-electron chi connectivity index (χ0n) is 15.7. The first-order valence-electron chi connectivity index (χ1n) is 9.01. The summed E-state index contributed by atoms with van der Waals surface area (Å²) in [5.41, 5.74) is 3.67. The molecule has 2 heterocycles. The minimum Gasteiger partial charge on any atom is -0.349 e. The summed E-state index contributed by atoms with van der Waals surface area (Å²) in [6.45, 7) is 9.30. The lowest BCUT2D eigenvalue weighted by Crippen LogP contribution is -2.50. The summed E-state index contributed by atoms with van der Waals surface area (Å²) < 4.78 is 1.77. The highest BCUT2D eigenvalue weighted by atomic mass is 16.1. The fourth-order valence-corrected chi connectivity index (χ4v) is 3.39. The Hall–Kier alpha value is -2.14. The summed E-state index contributed by atoms with van der Waals surface area (Å²) in [6.07, 6.45) is 2.50. The Kier molecular flexibility index (Phi) is 4.95. The molecule has 1 aliphatic rings. The highest BCUT2D eigenvalue weighted by Crippen LogP contribution is 2.22. The van der Waals surface area contributed by atoms with Gasteiger partial charge in [0.25, 0.3) is 5.91 Å². The molecule has 5 heteroatoms. The molecule has 1 amide bonds. The number of hydrogen-bond donors (Lipinski definition) is 1. The second-order valence-electron chi connectivity index (χ2n) is 7.59. The molecule has 3 rings (SSSR count). The molecule has 0 spiro atoms. The van der Waals surface area contributed by atoms with E-state index in [1.54, 1.807) is 4.68 Å². The van der Waals surface area contributed by atoms with Crippen LogP contribution in [0, 0.1) is 6.92 Å². The lowest BCUT2D eigenvalue weighted by Gasteiger charge is -2.35. The van der Waals surface area contributed by atoms with Crippen LogP contribution in [0.3, 0.4) is 0 Å². The van der Waals surface area contributed by atoms with Crippen molar-refractivity contribution in [2.45, 2.75) is 39.2 Å². The highest BCUT2D eigenvalue weighted by Gasteiger charge is 2.29. The van der Waals surface area contributed by atoms with Crippen molar-refractivity contribution in [1.29, 1.82) is 0 Å². The van der Waals surface area contributed by atoms with Crippen molar-refractivity contribution in [2.24, 2.45) is 7.05 Å². The SMILES string of the molecule is Cc1ccc(-c2cc(C(=O)NCC(C)(C)N3CCCC3)nn2C)cc1. The van der Waals surface area contributed by atoms with E-state index in [4.69, 9.17) is 0 Å². The molecule has 0 saturated carbocycles. The van der Waals surface area contributed by atoms with E-state index in [-0.39, 0.29) is 11.4 Å². The summed E-state index contributed by atoms with van der Waals surface area (Å²) in [5.74, 6) is -0.110. The van der Waals surface area contributed by atoms with E-state index in [1.807, 2.05) is 13.1 Å². The van der Waals surface area contributed by atoms with Crippen molar-refractivity contribution in [1.82, 2.24) is 20.0 Å². The molecule has 0 unspecified atom stereocenters. The van der Waals surface area contributed by atoms with Crippen molar-refractivity contribution in [2.75, 3.05) is 19.6 Å². The molecule has 1 fully saturated rings. The largest absolute Gasteiger partial charge is 0.349 e. The van der Waals surface area contributed by atoms with Crippen LogP contribution >= 0.6 is 0 Å². The number of nitrogens with zero attached hydrogens (tertiary/aromatic N) is 3. The molecule has 0 bridgehead atoms. The van der Waals surface area contributed by atoms with Crippen LogP contribution in [-0.4, -0.2) is 45.8 Å². The predicted octanol–water partition coefficient (Wildman–Crippen LogP) is 3.00. The summed E-state index contributed by atoms with van der Waals surface area (Å²) >= 11 is 0. The normalized spacial score (nSPS) is 15.5. The van der Waals surface area contributed by atoms with Gasteiger partial charge in [-0.1, -0.05) is 29.8 Å². The topological polar surface area (TPSA) is 50.2 Å². The van der Waals surface area contributed by atoms with Crippen LogP contribution in [0.1, 0.15) is 42.7 Å². The van der Waals surface area contributed by atoms with Crippen molar-refractivity contribution >= 4 is 5.91 Å². The van der Waals surface area contributed by atoms with Gasteiger partial charge in [0.1, 0.15) is 0 Å². The molecule has 1 aliphatic heterocycles. The van der Waals surface area contributed by atoms with Gasteiger partial charge in [-0.25, -0.2) is 0 Å². The van der Waals surface area contributed by atoms with Gasteiger partial charge in [0.05, 0.1) is 5.69 Å². The van der Waals surface area contributed by atoms with Crippen LogP contribution in [0.2, 0.25) is 0 Å². The number of rotatable bonds is 5. The molecule has 0 aliphatic carbocycles. The molecule has 1 saturated heterocycles. The Morgan fingerprint density at radius 2 is 1.84 bits per heavy atom. The Balaban J connectivity index is 1.68. The monoisotopic (exact) mass is 340 g/mol. The molecule has 134 valence electrons. The lowest BCUT2D eigenvalue weighted by molar-refractivity contribution is 0.0896. The maximum Gasteiger partial charge on any atom is 0.271 e. The van der Waals surface area contributed by atoms with Gasteiger partial charge in [-0.05, 0) is 58.3 Å². The van der Waals surface area contributed by atoms with E-state index in [9.17, 15) is 4.79 Å². The zero-order chi connectivity index (χ0) is 18.0. The first-order valence-corrected chi connectivity index (χ1v) is 9.01. The van der Waals surface area contributed by atoms with Crippen LogP contribution in [0.5, 0.6) is 0 Å². The lowest BCUT2D eigenvalue weighted by atomic mass is 10.0. The van der Waals surface area contributed by atoms with Crippen molar-refractivity contribution < 1.29 is 4.79 Å². The van der Waals surface area contributed by atoms with Crippen molar-refractivity contribution in [3.05, 3.63) is 41.6 Å². The molecule has 25 heavy (non-hydrogen) atoms. The summed E-state index contributed by atoms with van der Waals surface area (Å²) in [6, 6.07) is 10.1. The van der Waals surface area contributed by atoms with Crippen molar-refractivity contribution in [3.63, 3.8) is 0 Å². The van der Waals surface area contributed by atoms with E-state index < -0.39 is 0 Å². The average molecular weight is 340 g/mol. The number of benzene rings is 1. The maximum absolute atomic E-state index is 12.6. The van der Waals surface area contributed by atoms with E-state index in [0.29, 0.717) is 12.2 Å². The molecule has 2 aromatic rings. The molecular weight excluding hydrogens is 312 g/mol. The smallest absolute Gasteiger partial charge is 0.271 e. The summed E-state index contributed by atoms with van der Waals surface area (Å²) in [4.78, 5) is 15.0. The van der Waals surface area contributed by atoms with Gasteiger partial charge in [-0.3, -0.25) is 14.4 Å². The number of carbonyl (C=O) groups is 1. The van der Waals surface area contributed by atoms with Gasteiger partial charge >= 0.3 is 0 Å². The van der Waals surface area contributed by atoms with Gasteiger partial charge in [0.15, 0.2) is 5.69 Å². The standard InChI is InChI=1S/C20H28N4O/c1-15-7-9-16(10-8-15)18-13-17(22-23(18)4)19(25)21-14-20(2,3)24-11-5-6-12-24/h7-10,13H,5-6,11-12,14H2,1-4H3,(H,21,25). The summed E-state index contributed by atoms with van der Waals surface area (Å²) in [5, 5.41) is 7.46. The Morgan fingerprint density at radius 3 is 2.48 bits per heavy atom. The Labute approximate surface area is 150 Å². The first-order chi connectivity index (χ1) is 11.9. The quantitative estimate of drug-likeness (QED) is 0.910. The minimum atomic E-state index is -0.110. The number of aromatic nitrogens is 2. The third-order valence-electron chi connectivity index (χ3n) is 5.10. The minimum absolute atomic E-state index is 0.0271. The Morgan fingerprint density at radius 1 is 1.20 bits per heavy atom. The van der Waals surface area contributed by atoms with Gasteiger partial charge < -0.3 is 5.32 Å². The predicted molar refractivity (Wildman–Crippen MR) is 101 cm³/mol. The van der Waals surface area contributed by atoms with Gasteiger partial charge in [-0.2, -0.15) is 5.10 Å². The van der Waals surface area contributed by atoms with Crippen molar-refractivity contribution in [3.8, 4) is 11.3 Å². The molecule has 1 N–H and O–H groups in total. The summed E-state index contributed by atoms with van der Waals surface area (Å²) in [7, 11) is 1.88. The number of amides is 1. The Bertz CT molecular complexity index is 740.